The molecule has 0 spiro atoms. The second-order valence-electron chi connectivity index (χ2n) is 4.12. The lowest BCUT2D eigenvalue weighted by atomic mass is 10.1. The van der Waals surface area contributed by atoms with Crippen LogP contribution in [0, 0.1) is 12.7 Å². The van der Waals surface area contributed by atoms with Gasteiger partial charge in [0.05, 0.1) is 6.42 Å². The lowest BCUT2D eigenvalue weighted by Crippen LogP contribution is -1.96. The van der Waals surface area contributed by atoms with Crippen molar-refractivity contribution in [3.8, 4) is 11.3 Å². The van der Waals surface area contributed by atoms with E-state index in [-0.39, 0.29) is 12.2 Å². The highest BCUT2D eigenvalue weighted by molar-refractivity contribution is 5.67. The van der Waals surface area contributed by atoms with Gasteiger partial charge < -0.3 is 9.52 Å². The van der Waals surface area contributed by atoms with E-state index in [1.165, 1.54) is 12.1 Å². The van der Waals surface area contributed by atoms with Crippen LogP contribution in [0.3, 0.4) is 0 Å². The van der Waals surface area contributed by atoms with Gasteiger partial charge in [0, 0.05) is 12.0 Å². The van der Waals surface area contributed by atoms with E-state index in [0.717, 1.165) is 11.1 Å². The number of benzene rings is 1. The maximum absolute atomic E-state index is 13.0. The van der Waals surface area contributed by atoms with E-state index in [0.29, 0.717) is 17.9 Å². The number of aryl methyl sites for hydroxylation is 2. The summed E-state index contributed by atoms with van der Waals surface area (Å²) in [6.45, 7) is 1.80. The fourth-order valence-corrected chi connectivity index (χ4v) is 1.79. The maximum atomic E-state index is 13.0. The highest BCUT2D eigenvalue weighted by Gasteiger charge is 2.09. The van der Waals surface area contributed by atoms with Crippen LogP contribution in [-0.2, 0) is 11.2 Å². The zero-order chi connectivity index (χ0) is 13.1. The minimum absolute atomic E-state index is 0.0371. The normalized spacial score (nSPS) is 10.6. The lowest BCUT2D eigenvalue weighted by molar-refractivity contribution is -0.137. The van der Waals surface area contributed by atoms with Gasteiger partial charge in [0.2, 0.25) is 0 Å². The molecule has 0 aliphatic carbocycles. The summed E-state index contributed by atoms with van der Waals surface area (Å²) in [6.07, 6.45) is 0.394. The number of rotatable bonds is 4. The molecule has 0 bridgehead atoms. The molecule has 2 rings (SSSR count). The molecular weight excluding hydrogens is 235 g/mol. The highest BCUT2D eigenvalue weighted by atomic mass is 19.1. The summed E-state index contributed by atoms with van der Waals surface area (Å²) in [7, 11) is 0. The topological polar surface area (TPSA) is 50.4 Å². The van der Waals surface area contributed by atoms with E-state index in [4.69, 9.17) is 9.52 Å². The van der Waals surface area contributed by atoms with Gasteiger partial charge in [-0.05, 0) is 42.8 Å². The van der Waals surface area contributed by atoms with Gasteiger partial charge in [0.15, 0.2) is 0 Å². The van der Waals surface area contributed by atoms with Gasteiger partial charge in [-0.15, -0.1) is 0 Å². The molecule has 94 valence electrons. The van der Waals surface area contributed by atoms with Gasteiger partial charge in [0.1, 0.15) is 17.3 Å². The zero-order valence-electron chi connectivity index (χ0n) is 9.94. The Morgan fingerprint density at radius 3 is 2.78 bits per heavy atom. The van der Waals surface area contributed by atoms with Gasteiger partial charge in [0.25, 0.3) is 0 Å². The van der Waals surface area contributed by atoms with Gasteiger partial charge in [-0.2, -0.15) is 0 Å². The molecule has 1 aromatic heterocycles. The van der Waals surface area contributed by atoms with E-state index in [9.17, 15) is 9.18 Å². The average molecular weight is 248 g/mol. The Bertz CT molecular complexity index is 572. The van der Waals surface area contributed by atoms with Crippen LogP contribution in [0.1, 0.15) is 17.7 Å². The second-order valence-corrected chi connectivity index (χ2v) is 4.12. The molecule has 0 saturated carbocycles. The van der Waals surface area contributed by atoms with Crippen molar-refractivity contribution in [2.24, 2.45) is 0 Å². The van der Waals surface area contributed by atoms with Crippen molar-refractivity contribution in [1.82, 2.24) is 0 Å². The average Bonchev–Trinajstić information content (AvgIpc) is 2.75. The molecule has 0 radical (unpaired) electrons. The van der Waals surface area contributed by atoms with Gasteiger partial charge in [-0.1, -0.05) is 0 Å². The van der Waals surface area contributed by atoms with E-state index in [2.05, 4.69) is 0 Å². The Labute approximate surface area is 104 Å². The smallest absolute Gasteiger partial charge is 0.303 e. The van der Waals surface area contributed by atoms with Crippen LogP contribution in [0.5, 0.6) is 0 Å². The van der Waals surface area contributed by atoms with Gasteiger partial charge in [-0.3, -0.25) is 4.79 Å². The number of hydrogen-bond acceptors (Lipinski definition) is 2. The van der Waals surface area contributed by atoms with Crippen molar-refractivity contribution in [3.63, 3.8) is 0 Å². The van der Waals surface area contributed by atoms with Crippen molar-refractivity contribution in [1.29, 1.82) is 0 Å². The molecule has 1 N–H and O–H groups in total. The van der Waals surface area contributed by atoms with Crippen molar-refractivity contribution in [2.45, 2.75) is 19.8 Å². The Morgan fingerprint density at radius 1 is 1.33 bits per heavy atom. The SMILES string of the molecule is Cc1cc(F)ccc1-c1ccc(CCC(=O)O)o1. The largest absolute Gasteiger partial charge is 0.481 e. The number of carboxylic acids is 1. The number of hydrogen-bond donors (Lipinski definition) is 1. The molecular formula is C14H13FO3. The molecule has 3 nitrogen and oxygen atoms in total. The van der Waals surface area contributed by atoms with E-state index < -0.39 is 5.97 Å². The molecule has 0 aliphatic heterocycles. The van der Waals surface area contributed by atoms with Crippen LogP contribution < -0.4 is 0 Å². The molecule has 0 saturated heterocycles. The van der Waals surface area contributed by atoms with E-state index in [1.54, 1.807) is 25.1 Å². The monoisotopic (exact) mass is 248 g/mol. The summed E-state index contributed by atoms with van der Waals surface area (Å²) in [4.78, 5) is 10.5. The molecule has 18 heavy (non-hydrogen) atoms. The summed E-state index contributed by atoms with van der Waals surface area (Å²) in [5.74, 6) is 0.115. The lowest BCUT2D eigenvalue weighted by Gasteiger charge is -2.02. The summed E-state index contributed by atoms with van der Waals surface area (Å²) < 4.78 is 18.5. The predicted molar refractivity (Wildman–Crippen MR) is 64.8 cm³/mol. The first-order chi connectivity index (χ1) is 8.56. The van der Waals surface area contributed by atoms with Crippen molar-refractivity contribution >= 4 is 5.97 Å². The molecule has 0 unspecified atom stereocenters. The Balaban J connectivity index is 2.21. The Morgan fingerprint density at radius 2 is 2.11 bits per heavy atom. The molecule has 4 heteroatoms. The minimum atomic E-state index is -0.856. The third kappa shape index (κ3) is 2.77. The van der Waals surface area contributed by atoms with Crippen LogP contribution in [0.4, 0.5) is 4.39 Å². The maximum Gasteiger partial charge on any atom is 0.303 e. The number of halogens is 1. The van der Waals surface area contributed by atoms with Crippen LogP contribution in [0.25, 0.3) is 11.3 Å². The van der Waals surface area contributed by atoms with E-state index in [1.807, 2.05) is 0 Å². The molecule has 0 fully saturated rings. The van der Waals surface area contributed by atoms with Gasteiger partial charge >= 0.3 is 5.97 Å². The first kappa shape index (κ1) is 12.4. The Hall–Kier alpha value is -2.10. The van der Waals surface area contributed by atoms with Crippen LogP contribution in [0.15, 0.2) is 34.7 Å². The minimum Gasteiger partial charge on any atom is -0.481 e. The van der Waals surface area contributed by atoms with Crippen molar-refractivity contribution in [3.05, 3.63) is 47.5 Å². The third-order valence-electron chi connectivity index (χ3n) is 2.70. The first-order valence-corrected chi connectivity index (χ1v) is 5.63. The number of furan rings is 1. The first-order valence-electron chi connectivity index (χ1n) is 5.63. The van der Waals surface area contributed by atoms with Crippen LogP contribution in [-0.4, -0.2) is 11.1 Å². The van der Waals surface area contributed by atoms with Crippen LogP contribution >= 0.6 is 0 Å². The van der Waals surface area contributed by atoms with Crippen LogP contribution in [0.2, 0.25) is 0 Å². The fourth-order valence-electron chi connectivity index (χ4n) is 1.79. The zero-order valence-corrected chi connectivity index (χ0v) is 9.94. The number of aliphatic carboxylic acids is 1. The molecule has 1 heterocycles. The van der Waals surface area contributed by atoms with Gasteiger partial charge in [-0.25, -0.2) is 4.39 Å². The number of carboxylic acid groups (broad SMARTS) is 1. The summed E-state index contributed by atoms with van der Waals surface area (Å²) in [5, 5.41) is 8.59. The molecule has 1 aromatic carbocycles. The predicted octanol–water partition coefficient (Wildman–Crippen LogP) is 3.41. The Kier molecular flexibility index (Phi) is 3.46. The fraction of sp³-hybridized carbons (Fsp3) is 0.214. The van der Waals surface area contributed by atoms with Crippen molar-refractivity contribution < 1.29 is 18.7 Å². The molecule has 2 aromatic rings. The quantitative estimate of drug-likeness (QED) is 0.902. The van der Waals surface area contributed by atoms with E-state index >= 15 is 0 Å². The highest BCUT2D eigenvalue weighted by Crippen LogP contribution is 2.26. The van der Waals surface area contributed by atoms with Crippen molar-refractivity contribution in [2.75, 3.05) is 0 Å². The second kappa shape index (κ2) is 5.04. The molecule has 0 amide bonds. The molecule has 0 atom stereocenters. The number of carbonyl (C=O) groups is 1. The third-order valence-corrected chi connectivity index (χ3v) is 2.70. The standard InChI is InChI=1S/C14H13FO3/c1-9-8-10(15)2-5-12(9)13-6-3-11(18-13)4-7-14(16)17/h2-3,5-6,8H,4,7H2,1H3,(H,16,17). The molecule has 0 aliphatic rings. The summed E-state index contributed by atoms with van der Waals surface area (Å²) in [5.41, 5.74) is 1.60. The summed E-state index contributed by atoms with van der Waals surface area (Å²) in [6, 6.07) is 8.00. The summed E-state index contributed by atoms with van der Waals surface area (Å²) >= 11 is 0.